The first-order valence-corrected chi connectivity index (χ1v) is 12.5. The normalized spacial score (nSPS) is 18.8. The second kappa shape index (κ2) is 12.2. The van der Waals surface area contributed by atoms with E-state index in [0.717, 1.165) is 17.0 Å². The summed E-state index contributed by atoms with van der Waals surface area (Å²) in [5, 5.41) is 0. The van der Waals surface area contributed by atoms with E-state index >= 15 is 0 Å². The van der Waals surface area contributed by atoms with Gasteiger partial charge in [0.1, 0.15) is 5.82 Å². The average Bonchev–Trinajstić information content (AvgIpc) is 2.79. The van der Waals surface area contributed by atoms with E-state index in [9.17, 15) is 9.18 Å². The second-order valence-corrected chi connectivity index (χ2v) is 9.50. The summed E-state index contributed by atoms with van der Waals surface area (Å²) in [4.78, 5) is 11.5. The van der Waals surface area contributed by atoms with Crippen LogP contribution in [-0.4, -0.2) is 5.78 Å². The van der Waals surface area contributed by atoms with Crippen molar-refractivity contribution in [1.82, 2.24) is 0 Å². The molecule has 3 rings (SSSR count). The largest absolute Gasteiger partial charge is 0.295 e. The van der Waals surface area contributed by atoms with Crippen LogP contribution in [0.3, 0.4) is 0 Å². The minimum absolute atomic E-state index is 0.0324. The zero-order valence-electron chi connectivity index (χ0n) is 19.5. The van der Waals surface area contributed by atoms with Gasteiger partial charge >= 0.3 is 0 Å². The molecule has 0 atom stereocenters. The lowest BCUT2D eigenvalue weighted by molar-refractivity contribution is 0.101. The maximum atomic E-state index is 14.9. The van der Waals surface area contributed by atoms with Gasteiger partial charge in [-0.3, -0.25) is 4.79 Å². The Kier molecular flexibility index (Phi) is 9.31. The minimum Gasteiger partial charge on any atom is -0.295 e. The van der Waals surface area contributed by atoms with Gasteiger partial charge in [-0.05, 0) is 61.6 Å². The molecule has 0 spiro atoms. The standard InChI is InChI=1S/C29H39FO/c1-3-4-5-6-7-8-9-10-23-11-13-25(14-12-23)27-19-20-28(29(30)21-27)26-17-15-24(16-18-26)22(2)31/h15-21,23,25H,3-14H2,1-2H3/t23-,25-. The average molecular weight is 423 g/mol. The Morgan fingerprint density at radius 2 is 1.52 bits per heavy atom. The predicted molar refractivity (Wildman–Crippen MR) is 129 cm³/mol. The van der Waals surface area contributed by atoms with E-state index in [1.807, 2.05) is 18.2 Å². The highest BCUT2D eigenvalue weighted by Gasteiger charge is 2.23. The van der Waals surface area contributed by atoms with Gasteiger partial charge in [-0.2, -0.15) is 0 Å². The number of Topliss-reactive ketones (excluding diaryl/α,β-unsaturated/α-hetero) is 1. The van der Waals surface area contributed by atoms with Crippen molar-refractivity contribution in [2.24, 2.45) is 5.92 Å². The van der Waals surface area contributed by atoms with E-state index in [4.69, 9.17) is 0 Å². The molecular weight excluding hydrogens is 383 g/mol. The fourth-order valence-corrected chi connectivity index (χ4v) is 5.08. The molecule has 0 N–H and O–H groups in total. The molecule has 0 unspecified atom stereocenters. The zero-order chi connectivity index (χ0) is 22.1. The number of carbonyl (C=O) groups is 1. The monoisotopic (exact) mass is 422 g/mol. The van der Waals surface area contributed by atoms with E-state index in [1.54, 1.807) is 25.1 Å². The summed E-state index contributed by atoms with van der Waals surface area (Å²) < 4.78 is 14.9. The lowest BCUT2D eigenvalue weighted by atomic mass is 9.77. The number of rotatable bonds is 11. The van der Waals surface area contributed by atoms with Crippen LogP contribution in [-0.2, 0) is 0 Å². The maximum Gasteiger partial charge on any atom is 0.159 e. The lowest BCUT2D eigenvalue weighted by Gasteiger charge is -2.29. The first kappa shape index (κ1) is 23.7. The van der Waals surface area contributed by atoms with E-state index in [-0.39, 0.29) is 11.6 Å². The first-order valence-electron chi connectivity index (χ1n) is 12.5. The van der Waals surface area contributed by atoms with E-state index < -0.39 is 0 Å². The molecule has 2 heteroatoms. The van der Waals surface area contributed by atoms with Gasteiger partial charge in [-0.25, -0.2) is 4.39 Å². The quantitative estimate of drug-likeness (QED) is 0.261. The highest BCUT2D eigenvalue weighted by Crippen LogP contribution is 2.39. The van der Waals surface area contributed by atoms with E-state index in [0.29, 0.717) is 17.0 Å². The zero-order valence-corrected chi connectivity index (χ0v) is 19.5. The molecule has 0 aromatic heterocycles. The number of hydrogen-bond acceptors (Lipinski definition) is 1. The van der Waals surface area contributed by atoms with E-state index in [2.05, 4.69) is 13.0 Å². The van der Waals surface area contributed by atoms with Crippen molar-refractivity contribution in [1.29, 1.82) is 0 Å². The van der Waals surface area contributed by atoms with Crippen LogP contribution in [0.2, 0.25) is 0 Å². The molecule has 31 heavy (non-hydrogen) atoms. The third-order valence-electron chi connectivity index (χ3n) is 7.13. The third kappa shape index (κ3) is 7.02. The molecule has 0 heterocycles. The number of hydrogen-bond donors (Lipinski definition) is 0. The molecule has 1 aliphatic rings. The minimum atomic E-state index is -0.154. The molecule has 1 nitrogen and oxygen atoms in total. The molecule has 0 bridgehead atoms. The van der Waals surface area contributed by atoms with Crippen LogP contribution in [0.25, 0.3) is 11.1 Å². The van der Waals surface area contributed by atoms with Gasteiger partial charge in [0.05, 0.1) is 0 Å². The van der Waals surface area contributed by atoms with Crippen molar-refractivity contribution < 1.29 is 9.18 Å². The highest BCUT2D eigenvalue weighted by molar-refractivity contribution is 5.94. The van der Waals surface area contributed by atoms with Crippen LogP contribution < -0.4 is 0 Å². The Bertz CT molecular complexity index is 815. The van der Waals surface area contributed by atoms with E-state index in [1.165, 1.54) is 77.0 Å². The third-order valence-corrected chi connectivity index (χ3v) is 7.13. The molecular formula is C29H39FO. The maximum absolute atomic E-state index is 14.9. The molecule has 1 aliphatic carbocycles. The predicted octanol–water partition coefficient (Wildman–Crippen LogP) is 9.11. The Morgan fingerprint density at radius 1 is 0.871 bits per heavy atom. The molecule has 168 valence electrons. The molecule has 2 aromatic carbocycles. The smallest absolute Gasteiger partial charge is 0.159 e. The summed E-state index contributed by atoms with van der Waals surface area (Å²) in [6.45, 7) is 3.82. The SMILES string of the molecule is CCCCCCCCC[C@H]1CC[C@H](c2ccc(-c3ccc(C(C)=O)cc3)c(F)c2)CC1. The molecule has 0 amide bonds. The van der Waals surface area contributed by atoms with Gasteiger partial charge < -0.3 is 0 Å². The van der Waals surface area contributed by atoms with Gasteiger partial charge in [0.25, 0.3) is 0 Å². The molecule has 2 aromatic rings. The number of ketones is 1. The number of benzene rings is 2. The van der Waals surface area contributed by atoms with Gasteiger partial charge in [-0.15, -0.1) is 0 Å². The fraction of sp³-hybridized carbons (Fsp3) is 0.552. The summed E-state index contributed by atoms with van der Waals surface area (Å²) in [7, 11) is 0. The molecule has 0 aliphatic heterocycles. The number of unbranched alkanes of at least 4 members (excludes halogenated alkanes) is 6. The first-order chi connectivity index (χ1) is 15.1. The Morgan fingerprint density at radius 3 is 2.13 bits per heavy atom. The van der Waals surface area contributed by atoms with Crippen LogP contribution in [0.1, 0.15) is 113 Å². The number of halogens is 1. The summed E-state index contributed by atoms with van der Waals surface area (Å²) in [5.74, 6) is 1.24. The van der Waals surface area contributed by atoms with Gasteiger partial charge in [-0.1, -0.05) is 94.7 Å². The molecule has 0 radical (unpaired) electrons. The number of carbonyl (C=O) groups excluding carboxylic acids is 1. The Hall–Kier alpha value is -1.96. The molecule has 0 saturated heterocycles. The Labute approximate surface area is 188 Å². The van der Waals surface area contributed by atoms with Crippen LogP contribution in [0.5, 0.6) is 0 Å². The molecule has 1 saturated carbocycles. The van der Waals surface area contributed by atoms with Crippen LogP contribution in [0.15, 0.2) is 42.5 Å². The summed E-state index contributed by atoms with van der Waals surface area (Å²) in [6.07, 6.45) is 16.0. The van der Waals surface area contributed by atoms with Gasteiger partial charge in [0, 0.05) is 11.1 Å². The van der Waals surface area contributed by atoms with Crippen molar-refractivity contribution in [3.8, 4) is 11.1 Å². The summed E-state index contributed by atoms with van der Waals surface area (Å²) >= 11 is 0. The molecule has 1 fully saturated rings. The van der Waals surface area contributed by atoms with Gasteiger partial charge in [0.2, 0.25) is 0 Å². The van der Waals surface area contributed by atoms with Crippen molar-refractivity contribution in [2.45, 2.75) is 96.8 Å². The Balaban J connectivity index is 1.46. The van der Waals surface area contributed by atoms with Crippen molar-refractivity contribution >= 4 is 5.78 Å². The summed E-state index contributed by atoms with van der Waals surface area (Å²) in [6, 6.07) is 13.0. The topological polar surface area (TPSA) is 17.1 Å². The van der Waals surface area contributed by atoms with Crippen LogP contribution in [0.4, 0.5) is 4.39 Å². The van der Waals surface area contributed by atoms with Crippen molar-refractivity contribution in [2.75, 3.05) is 0 Å². The van der Waals surface area contributed by atoms with Crippen molar-refractivity contribution in [3.63, 3.8) is 0 Å². The highest BCUT2D eigenvalue weighted by atomic mass is 19.1. The van der Waals surface area contributed by atoms with Crippen LogP contribution in [0, 0.1) is 11.7 Å². The van der Waals surface area contributed by atoms with Gasteiger partial charge in [0.15, 0.2) is 5.78 Å². The van der Waals surface area contributed by atoms with Crippen LogP contribution >= 0.6 is 0 Å². The summed E-state index contributed by atoms with van der Waals surface area (Å²) in [5.41, 5.74) is 3.25. The fourth-order valence-electron chi connectivity index (χ4n) is 5.08. The second-order valence-electron chi connectivity index (χ2n) is 9.50. The van der Waals surface area contributed by atoms with Crippen molar-refractivity contribution in [3.05, 3.63) is 59.4 Å². The lowest BCUT2D eigenvalue weighted by Crippen LogP contribution is -2.13.